The Labute approximate surface area is 177 Å². The van der Waals surface area contributed by atoms with Gasteiger partial charge in [0.1, 0.15) is 18.0 Å². The molecule has 0 atom stereocenters. The van der Waals surface area contributed by atoms with Gasteiger partial charge >= 0.3 is 6.18 Å². The van der Waals surface area contributed by atoms with Crippen LogP contribution in [0.25, 0.3) is 11.1 Å². The van der Waals surface area contributed by atoms with E-state index in [4.69, 9.17) is 9.47 Å². The minimum absolute atomic E-state index is 0.0359. The molecule has 4 nitrogen and oxygen atoms in total. The van der Waals surface area contributed by atoms with Gasteiger partial charge in [0.05, 0.1) is 12.7 Å². The first-order valence-corrected chi connectivity index (χ1v) is 10.2. The number of nitrogens with one attached hydrogen (secondary N) is 1. The van der Waals surface area contributed by atoms with Crippen LogP contribution in [0.5, 0.6) is 11.6 Å². The van der Waals surface area contributed by atoms with Crippen molar-refractivity contribution in [3.8, 4) is 22.8 Å². The van der Waals surface area contributed by atoms with Crippen molar-refractivity contribution in [1.82, 2.24) is 4.98 Å². The molecule has 158 valence electrons. The molecule has 3 aromatic rings. The minimum Gasteiger partial charge on any atom is -0.489 e. The van der Waals surface area contributed by atoms with Crippen molar-refractivity contribution >= 4 is 17.6 Å². The predicted octanol–water partition coefficient (Wildman–Crippen LogP) is 6.44. The normalized spacial score (nSPS) is 11.2. The summed E-state index contributed by atoms with van der Waals surface area (Å²) in [6, 6.07) is 14.4. The first kappa shape index (κ1) is 21.8. The van der Waals surface area contributed by atoms with E-state index in [1.807, 2.05) is 31.2 Å². The van der Waals surface area contributed by atoms with Gasteiger partial charge in [-0.3, -0.25) is 0 Å². The van der Waals surface area contributed by atoms with Gasteiger partial charge in [-0.25, -0.2) is 4.98 Å². The lowest BCUT2D eigenvalue weighted by Gasteiger charge is -2.12. The number of aromatic nitrogens is 1. The standard InChI is InChI=1S/C22H21F3N2O2S/c1-3-30-27-20-12-17(13-26-21(20)28-2)16-7-5-9-19(11-16)29-14-15-6-4-8-18(10-15)22(23,24)25/h4-13,27H,3,14H2,1-2H3. The number of anilines is 1. The van der Waals surface area contributed by atoms with Crippen LogP contribution in [0.3, 0.4) is 0 Å². The van der Waals surface area contributed by atoms with Crippen LogP contribution in [0, 0.1) is 0 Å². The Kier molecular flexibility index (Phi) is 7.10. The fourth-order valence-electron chi connectivity index (χ4n) is 2.77. The predicted molar refractivity (Wildman–Crippen MR) is 114 cm³/mol. The Morgan fingerprint density at radius 2 is 1.83 bits per heavy atom. The second kappa shape index (κ2) is 9.75. The molecule has 1 N–H and O–H groups in total. The molecule has 0 aliphatic rings. The van der Waals surface area contributed by atoms with Gasteiger partial charge in [0.25, 0.3) is 0 Å². The molecule has 0 saturated carbocycles. The Hall–Kier alpha value is -2.87. The highest BCUT2D eigenvalue weighted by Gasteiger charge is 2.30. The zero-order valence-corrected chi connectivity index (χ0v) is 17.3. The second-order valence-corrected chi connectivity index (χ2v) is 7.40. The monoisotopic (exact) mass is 434 g/mol. The van der Waals surface area contributed by atoms with Crippen LogP contribution in [0.2, 0.25) is 0 Å². The number of halogens is 3. The number of hydrogen-bond donors (Lipinski definition) is 1. The van der Waals surface area contributed by atoms with Gasteiger partial charge in [-0.1, -0.05) is 43.1 Å². The van der Waals surface area contributed by atoms with E-state index in [-0.39, 0.29) is 6.61 Å². The fraction of sp³-hybridized carbons (Fsp3) is 0.227. The molecule has 0 fully saturated rings. The molecule has 30 heavy (non-hydrogen) atoms. The molecule has 2 aromatic carbocycles. The third kappa shape index (κ3) is 5.60. The fourth-order valence-corrected chi connectivity index (χ4v) is 3.21. The number of hydrogen-bond acceptors (Lipinski definition) is 5. The minimum atomic E-state index is -4.38. The molecule has 0 amide bonds. The third-order valence-electron chi connectivity index (χ3n) is 4.20. The quantitative estimate of drug-likeness (QED) is 0.414. The van der Waals surface area contributed by atoms with Crippen LogP contribution in [0.1, 0.15) is 18.1 Å². The summed E-state index contributed by atoms with van der Waals surface area (Å²) < 4.78 is 52.8. The van der Waals surface area contributed by atoms with Crippen molar-refractivity contribution in [2.24, 2.45) is 0 Å². The summed E-state index contributed by atoms with van der Waals surface area (Å²) in [5, 5.41) is 0. The maximum atomic E-state index is 12.9. The molecule has 3 rings (SSSR count). The summed E-state index contributed by atoms with van der Waals surface area (Å²) in [7, 11) is 1.56. The highest BCUT2D eigenvalue weighted by Crippen LogP contribution is 2.32. The van der Waals surface area contributed by atoms with Crippen molar-refractivity contribution in [2.75, 3.05) is 17.6 Å². The van der Waals surface area contributed by atoms with Crippen molar-refractivity contribution < 1.29 is 22.6 Å². The maximum absolute atomic E-state index is 12.9. The lowest BCUT2D eigenvalue weighted by Crippen LogP contribution is -2.06. The van der Waals surface area contributed by atoms with E-state index in [2.05, 4.69) is 9.71 Å². The number of methoxy groups -OCH3 is 1. The summed E-state index contributed by atoms with van der Waals surface area (Å²) >= 11 is 1.53. The molecule has 1 aromatic heterocycles. The van der Waals surface area contributed by atoms with Crippen LogP contribution < -0.4 is 14.2 Å². The van der Waals surface area contributed by atoms with Gasteiger partial charge in [0.15, 0.2) is 0 Å². The Bertz CT molecular complexity index is 996. The van der Waals surface area contributed by atoms with E-state index in [0.717, 1.165) is 34.7 Å². The number of alkyl halides is 3. The molecule has 0 bridgehead atoms. The first-order chi connectivity index (χ1) is 14.4. The molecule has 0 saturated heterocycles. The van der Waals surface area contributed by atoms with Crippen molar-refractivity contribution in [2.45, 2.75) is 19.7 Å². The van der Waals surface area contributed by atoms with Gasteiger partial charge in [-0.15, -0.1) is 0 Å². The Morgan fingerprint density at radius 1 is 1.03 bits per heavy atom. The number of nitrogens with zero attached hydrogens (tertiary/aromatic N) is 1. The van der Waals surface area contributed by atoms with E-state index in [0.29, 0.717) is 17.2 Å². The van der Waals surface area contributed by atoms with Gasteiger partial charge < -0.3 is 14.2 Å². The average Bonchev–Trinajstić information content (AvgIpc) is 2.76. The van der Waals surface area contributed by atoms with Crippen LogP contribution >= 0.6 is 11.9 Å². The van der Waals surface area contributed by atoms with Crippen LogP contribution in [0.4, 0.5) is 18.9 Å². The molecule has 1 heterocycles. The smallest absolute Gasteiger partial charge is 0.416 e. The zero-order chi connectivity index (χ0) is 21.6. The van der Waals surface area contributed by atoms with Crippen LogP contribution in [-0.4, -0.2) is 17.8 Å². The van der Waals surface area contributed by atoms with Crippen LogP contribution in [-0.2, 0) is 12.8 Å². The topological polar surface area (TPSA) is 43.4 Å². The maximum Gasteiger partial charge on any atom is 0.416 e. The van der Waals surface area contributed by atoms with Crippen molar-refractivity contribution in [3.05, 3.63) is 71.9 Å². The van der Waals surface area contributed by atoms with E-state index < -0.39 is 11.7 Å². The largest absolute Gasteiger partial charge is 0.489 e. The number of rotatable bonds is 8. The van der Waals surface area contributed by atoms with E-state index in [9.17, 15) is 13.2 Å². The van der Waals surface area contributed by atoms with Crippen LogP contribution in [0.15, 0.2) is 60.8 Å². The second-order valence-electron chi connectivity index (χ2n) is 6.33. The highest BCUT2D eigenvalue weighted by atomic mass is 32.2. The number of ether oxygens (including phenoxy) is 2. The first-order valence-electron chi connectivity index (χ1n) is 9.22. The van der Waals surface area contributed by atoms with Gasteiger partial charge in [-0.05, 0) is 41.5 Å². The Balaban J connectivity index is 1.77. The summed E-state index contributed by atoms with van der Waals surface area (Å²) in [6.45, 7) is 2.07. The molecule has 0 aliphatic heterocycles. The number of pyridine rings is 1. The number of benzene rings is 2. The van der Waals surface area contributed by atoms with Crippen molar-refractivity contribution in [3.63, 3.8) is 0 Å². The average molecular weight is 434 g/mol. The van der Waals surface area contributed by atoms with Gasteiger partial charge in [-0.2, -0.15) is 13.2 Å². The zero-order valence-electron chi connectivity index (χ0n) is 16.5. The van der Waals surface area contributed by atoms with Gasteiger partial charge in [0, 0.05) is 17.5 Å². The molecular formula is C22H21F3N2O2S. The SMILES string of the molecule is CCSNc1cc(-c2cccc(OCc3cccc(C(F)(F)F)c3)c2)cnc1OC. The molecular weight excluding hydrogens is 413 g/mol. The summed E-state index contributed by atoms with van der Waals surface area (Å²) in [4.78, 5) is 4.34. The third-order valence-corrected chi connectivity index (χ3v) is 4.85. The van der Waals surface area contributed by atoms with E-state index >= 15 is 0 Å². The lowest BCUT2D eigenvalue weighted by molar-refractivity contribution is -0.137. The van der Waals surface area contributed by atoms with Gasteiger partial charge in [0.2, 0.25) is 5.88 Å². The highest BCUT2D eigenvalue weighted by molar-refractivity contribution is 8.00. The van der Waals surface area contributed by atoms with Crippen molar-refractivity contribution in [1.29, 1.82) is 0 Å². The molecule has 0 aliphatic carbocycles. The van der Waals surface area contributed by atoms with E-state index in [1.54, 1.807) is 25.4 Å². The molecule has 0 radical (unpaired) electrons. The van der Waals surface area contributed by atoms with E-state index in [1.165, 1.54) is 18.0 Å². The lowest BCUT2D eigenvalue weighted by atomic mass is 10.1. The summed E-state index contributed by atoms with van der Waals surface area (Å²) in [5.74, 6) is 1.93. The molecule has 0 spiro atoms. The Morgan fingerprint density at radius 3 is 2.57 bits per heavy atom. The molecule has 8 heteroatoms. The summed E-state index contributed by atoms with van der Waals surface area (Å²) in [5.41, 5.74) is 2.25. The molecule has 0 unspecified atom stereocenters. The summed E-state index contributed by atoms with van der Waals surface area (Å²) in [6.07, 6.45) is -2.67.